The molecule has 23 heavy (non-hydrogen) atoms. The smallest absolute Gasteiger partial charge is 0.226 e. The molecular formula is C20H33N2O+. The monoisotopic (exact) mass is 317 g/mol. The van der Waals surface area contributed by atoms with Gasteiger partial charge >= 0.3 is 0 Å². The Kier molecular flexibility index (Phi) is 3.51. The van der Waals surface area contributed by atoms with Crippen LogP contribution in [0.2, 0.25) is 0 Å². The van der Waals surface area contributed by atoms with Crippen molar-refractivity contribution >= 4 is 5.91 Å². The van der Waals surface area contributed by atoms with E-state index in [2.05, 4.69) is 4.90 Å². The lowest BCUT2D eigenvalue weighted by Crippen LogP contribution is -3.23. The van der Waals surface area contributed by atoms with Crippen molar-refractivity contribution in [1.29, 1.82) is 0 Å². The summed E-state index contributed by atoms with van der Waals surface area (Å²) in [5.74, 6) is 4.01. The molecule has 1 amide bonds. The number of hydrogen-bond donors (Lipinski definition) is 1. The SMILES string of the molecule is O=C(C1CCCC1)N1CC[NH+](C23CC4CC(CC(C4)C2)C3)CC1. The third-order valence-electron chi connectivity index (χ3n) is 8.17. The number of carbonyl (C=O) groups is 1. The second kappa shape index (κ2) is 5.47. The van der Waals surface area contributed by atoms with Crippen molar-refractivity contribution in [3.63, 3.8) is 0 Å². The number of carbonyl (C=O) groups excluding carboxylic acids is 1. The van der Waals surface area contributed by atoms with Crippen LogP contribution in [-0.2, 0) is 4.79 Å². The Morgan fingerprint density at radius 3 is 1.91 bits per heavy atom. The highest BCUT2D eigenvalue weighted by atomic mass is 16.2. The van der Waals surface area contributed by atoms with Crippen molar-refractivity contribution < 1.29 is 9.69 Å². The van der Waals surface area contributed by atoms with E-state index in [1.54, 1.807) is 0 Å². The fourth-order valence-electron chi connectivity index (χ4n) is 7.50. The Morgan fingerprint density at radius 1 is 0.870 bits per heavy atom. The van der Waals surface area contributed by atoms with Gasteiger partial charge in [0.15, 0.2) is 0 Å². The van der Waals surface area contributed by atoms with Crippen molar-refractivity contribution in [2.75, 3.05) is 26.2 Å². The molecule has 1 N–H and O–H groups in total. The van der Waals surface area contributed by atoms with Crippen LogP contribution in [0.4, 0.5) is 0 Å². The molecule has 3 nitrogen and oxygen atoms in total. The summed E-state index contributed by atoms with van der Waals surface area (Å²) >= 11 is 0. The molecule has 0 spiro atoms. The summed E-state index contributed by atoms with van der Waals surface area (Å²) in [6.07, 6.45) is 14.0. The van der Waals surface area contributed by atoms with E-state index in [0.717, 1.165) is 43.7 Å². The minimum absolute atomic E-state index is 0.371. The van der Waals surface area contributed by atoms with Gasteiger partial charge in [0.05, 0.1) is 31.7 Å². The number of hydrogen-bond acceptors (Lipinski definition) is 1. The van der Waals surface area contributed by atoms with Gasteiger partial charge in [0.25, 0.3) is 0 Å². The number of nitrogens with one attached hydrogen (secondary N) is 1. The van der Waals surface area contributed by atoms with Crippen LogP contribution in [0.25, 0.3) is 0 Å². The normalized spacial score (nSPS) is 44.2. The Morgan fingerprint density at radius 2 is 1.39 bits per heavy atom. The number of rotatable bonds is 2. The molecule has 6 fully saturated rings. The summed E-state index contributed by atoms with van der Waals surface area (Å²) in [4.78, 5) is 16.8. The first-order chi connectivity index (χ1) is 11.2. The van der Waals surface area contributed by atoms with Crippen molar-refractivity contribution in [2.24, 2.45) is 23.7 Å². The summed E-state index contributed by atoms with van der Waals surface area (Å²) in [6.45, 7) is 4.52. The van der Waals surface area contributed by atoms with Crippen LogP contribution in [0.1, 0.15) is 64.2 Å². The lowest BCUT2D eigenvalue weighted by molar-refractivity contribution is -0.962. The first-order valence-corrected chi connectivity index (χ1v) is 10.4. The maximum atomic E-state index is 12.7. The Hall–Kier alpha value is -0.570. The van der Waals surface area contributed by atoms with E-state index in [4.69, 9.17) is 0 Å². The first-order valence-electron chi connectivity index (χ1n) is 10.4. The fraction of sp³-hybridized carbons (Fsp3) is 0.950. The van der Waals surface area contributed by atoms with Gasteiger partial charge in [0.1, 0.15) is 0 Å². The summed E-state index contributed by atoms with van der Waals surface area (Å²) in [5, 5.41) is 0. The average molecular weight is 317 g/mol. The third-order valence-corrected chi connectivity index (χ3v) is 8.17. The Labute approximate surface area is 140 Å². The molecule has 1 saturated heterocycles. The van der Waals surface area contributed by atoms with Crippen molar-refractivity contribution in [2.45, 2.75) is 69.7 Å². The molecule has 5 saturated carbocycles. The molecular weight excluding hydrogens is 284 g/mol. The zero-order chi connectivity index (χ0) is 15.4. The van der Waals surface area contributed by atoms with E-state index in [0.29, 0.717) is 17.4 Å². The van der Waals surface area contributed by atoms with Crippen LogP contribution in [0, 0.1) is 23.7 Å². The van der Waals surface area contributed by atoms with Gasteiger partial charge < -0.3 is 9.80 Å². The van der Waals surface area contributed by atoms with Crippen molar-refractivity contribution in [3.8, 4) is 0 Å². The van der Waals surface area contributed by atoms with Gasteiger partial charge in [-0.05, 0) is 49.9 Å². The van der Waals surface area contributed by atoms with Gasteiger partial charge in [-0.2, -0.15) is 0 Å². The van der Waals surface area contributed by atoms with Crippen LogP contribution in [-0.4, -0.2) is 42.5 Å². The highest BCUT2D eigenvalue weighted by Gasteiger charge is 2.56. The standard InChI is InChI=1S/C20H32N2O/c23-19(18-3-1-2-4-18)21-5-7-22(8-6-21)20-12-15-9-16(13-20)11-17(10-15)14-20/h15-18H,1-14H2/p+1. The topological polar surface area (TPSA) is 24.8 Å². The summed E-state index contributed by atoms with van der Waals surface area (Å²) in [6, 6.07) is 0. The quantitative estimate of drug-likeness (QED) is 0.826. The highest BCUT2D eigenvalue weighted by Crippen LogP contribution is 2.54. The molecule has 0 aromatic heterocycles. The second-order valence-corrected chi connectivity index (χ2v) is 9.61. The fourth-order valence-corrected chi connectivity index (χ4v) is 7.50. The maximum Gasteiger partial charge on any atom is 0.226 e. The van der Waals surface area contributed by atoms with E-state index in [1.165, 1.54) is 64.5 Å². The van der Waals surface area contributed by atoms with Gasteiger partial charge in [-0.15, -0.1) is 0 Å². The van der Waals surface area contributed by atoms with Gasteiger partial charge in [-0.3, -0.25) is 4.79 Å². The van der Waals surface area contributed by atoms with E-state index in [-0.39, 0.29) is 0 Å². The second-order valence-electron chi connectivity index (χ2n) is 9.61. The summed E-state index contributed by atoms with van der Waals surface area (Å²) < 4.78 is 0. The molecule has 3 heteroatoms. The van der Waals surface area contributed by atoms with Crippen LogP contribution >= 0.6 is 0 Å². The van der Waals surface area contributed by atoms with Crippen molar-refractivity contribution in [1.82, 2.24) is 4.90 Å². The average Bonchev–Trinajstić information content (AvgIpc) is 3.07. The lowest BCUT2D eigenvalue weighted by atomic mass is 9.52. The van der Waals surface area contributed by atoms with Gasteiger partial charge in [-0.1, -0.05) is 12.8 Å². The Balaban J connectivity index is 1.24. The van der Waals surface area contributed by atoms with E-state index < -0.39 is 0 Å². The largest absolute Gasteiger partial charge is 0.331 e. The van der Waals surface area contributed by atoms with Crippen LogP contribution in [0.15, 0.2) is 0 Å². The molecule has 4 bridgehead atoms. The highest BCUT2D eigenvalue weighted by molar-refractivity contribution is 5.79. The van der Waals surface area contributed by atoms with Crippen LogP contribution < -0.4 is 4.90 Å². The third kappa shape index (κ3) is 2.45. The molecule has 128 valence electrons. The molecule has 6 rings (SSSR count). The Bertz CT molecular complexity index is 439. The first kappa shape index (κ1) is 14.7. The summed E-state index contributed by atoms with van der Waals surface area (Å²) in [7, 11) is 0. The van der Waals surface area contributed by atoms with Gasteiger partial charge in [0.2, 0.25) is 5.91 Å². The summed E-state index contributed by atoms with van der Waals surface area (Å²) in [5.41, 5.74) is 0.622. The molecule has 0 aromatic carbocycles. The number of amides is 1. The lowest BCUT2D eigenvalue weighted by Gasteiger charge is -2.59. The molecule has 0 unspecified atom stereocenters. The van der Waals surface area contributed by atoms with Gasteiger partial charge in [-0.25, -0.2) is 0 Å². The molecule has 0 aromatic rings. The number of quaternary nitrogens is 1. The minimum atomic E-state index is 0.371. The number of nitrogens with zero attached hydrogens (tertiary/aromatic N) is 1. The molecule has 5 aliphatic carbocycles. The van der Waals surface area contributed by atoms with E-state index in [1.807, 2.05) is 4.90 Å². The van der Waals surface area contributed by atoms with E-state index in [9.17, 15) is 4.79 Å². The minimum Gasteiger partial charge on any atom is -0.331 e. The number of piperazine rings is 1. The molecule has 6 aliphatic rings. The molecule has 0 radical (unpaired) electrons. The molecule has 1 aliphatic heterocycles. The zero-order valence-electron chi connectivity index (χ0n) is 14.6. The predicted molar refractivity (Wildman–Crippen MR) is 90.1 cm³/mol. The van der Waals surface area contributed by atoms with Crippen LogP contribution in [0.3, 0.4) is 0 Å². The van der Waals surface area contributed by atoms with E-state index >= 15 is 0 Å². The predicted octanol–water partition coefficient (Wildman–Crippen LogP) is 1.87. The maximum absolute atomic E-state index is 12.7. The van der Waals surface area contributed by atoms with Crippen molar-refractivity contribution in [3.05, 3.63) is 0 Å². The molecule has 1 heterocycles. The zero-order valence-corrected chi connectivity index (χ0v) is 14.6. The van der Waals surface area contributed by atoms with Gasteiger partial charge in [0, 0.05) is 25.2 Å². The molecule has 0 atom stereocenters. The van der Waals surface area contributed by atoms with Crippen LogP contribution in [0.5, 0.6) is 0 Å².